The summed E-state index contributed by atoms with van der Waals surface area (Å²) < 4.78 is 41.6. The van der Waals surface area contributed by atoms with E-state index in [1.165, 1.54) is 10.9 Å². The van der Waals surface area contributed by atoms with Crippen molar-refractivity contribution in [2.75, 3.05) is 7.11 Å². The van der Waals surface area contributed by atoms with Gasteiger partial charge in [-0.15, -0.1) is 0 Å². The Morgan fingerprint density at radius 3 is 2.34 bits per heavy atom. The molecule has 0 amide bonds. The molecule has 0 saturated carbocycles. The number of para-hydroxylation sites is 2. The third-order valence-corrected chi connectivity index (χ3v) is 8.80. The number of esters is 1. The molecule has 0 bridgehead atoms. The van der Waals surface area contributed by atoms with Crippen molar-refractivity contribution in [3.63, 3.8) is 0 Å². The van der Waals surface area contributed by atoms with E-state index >= 15 is 0 Å². The Morgan fingerprint density at radius 1 is 0.974 bits per heavy atom. The van der Waals surface area contributed by atoms with Crippen molar-refractivity contribution in [3.05, 3.63) is 101 Å². The average molecular weight is 530 g/mol. The van der Waals surface area contributed by atoms with Crippen LogP contribution in [0.3, 0.4) is 0 Å². The van der Waals surface area contributed by atoms with Gasteiger partial charge in [-0.3, -0.25) is 4.79 Å². The molecule has 1 heterocycles. The Kier molecular flexibility index (Phi) is 6.88. The molecular weight excluding hydrogens is 498 g/mol. The maximum absolute atomic E-state index is 14.3. The minimum Gasteiger partial charge on any atom is -0.496 e. The summed E-state index contributed by atoms with van der Waals surface area (Å²) in [7, 11) is -2.41. The fraction of sp³-hybridized carbons (Fsp3) is 0.258. The van der Waals surface area contributed by atoms with Gasteiger partial charge in [0.2, 0.25) is 0 Å². The maximum Gasteiger partial charge on any atom is 0.308 e. The minimum atomic E-state index is -4.04. The van der Waals surface area contributed by atoms with E-state index in [2.05, 4.69) is 6.92 Å². The molecule has 0 spiro atoms. The molecular formula is C31H31NO5S. The second-order valence-electron chi connectivity index (χ2n) is 9.59. The largest absolute Gasteiger partial charge is 0.496 e. The van der Waals surface area contributed by atoms with Crippen molar-refractivity contribution >= 4 is 32.7 Å². The van der Waals surface area contributed by atoms with Crippen molar-refractivity contribution in [1.82, 2.24) is 3.97 Å². The lowest BCUT2D eigenvalue weighted by molar-refractivity contribution is -0.134. The first-order chi connectivity index (χ1) is 18.3. The highest BCUT2D eigenvalue weighted by molar-refractivity contribution is 7.90. The molecule has 7 heteroatoms. The summed E-state index contributed by atoms with van der Waals surface area (Å²) in [6, 6.07) is 22.0. The van der Waals surface area contributed by atoms with Crippen molar-refractivity contribution < 1.29 is 22.7 Å². The first-order valence-electron chi connectivity index (χ1n) is 12.8. The van der Waals surface area contributed by atoms with Gasteiger partial charge in [0.05, 0.1) is 17.5 Å². The van der Waals surface area contributed by atoms with Crippen LogP contribution in [-0.2, 0) is 19.6 Å². The fourth-order valence-corrected chi connectivity index (χ4v) is 6.93. The second-order valence-corrected chi connectivity index (χ2v) is 11.4. The number of rotatable bonds is 8. The Morgan fingerprint density at radius 2 is 1.66 bits per heavy atom. The molecule has 1 aliphatic carbocycles. The van der Waals surface area contributed by atoms with Gasteiger partial charge >= 0.3 is 5.97 Å². The quantitative estimate of drug-likeness (QED) is 0.235. The smallest absolute Gasteiger partial charge is 0.308 e. The Hall–Kier alpha value is -3.84. The lowest BCUT2D eigenvalue weighted by atomic mass is 9.85. The van der Waals surface area contributed by atoms with Gasteiger partial charge in [-0.05, 0) is 49.6 Å². The van der Waals surface area contributed by atoms with Crippen LogP contribution in [0.5, 0.6) is 5.75 Å². The number of carbonyl (C=O) groups is 1. The predicted octanol–water partition coefficient (Wildman–Crippen LogP) is 6.81. The normalized spacial score (nSPS) is 15.1. The highest BCUT2D eigenvalue weighted by Gasteiger charge is 2.42. The van der Waals surface area contributed by atoms with E-state index in [0.29, 0.717) is 29.1 Å². The average Bonchev–Trinajstić information content (AvgIpc) is 3.40. The van der Waals surface area contributed by atoms with Crippen molar-refractivity contribution in [3.8, 4) is 5.75 Å². The van der Waals surface area contributed by atoms with E-state index < -0.39 is 16.0 Å². The Balaban J connectivity index is 1.91. The van der Waals surface area contributed by atoms with Crippen LogP contribution in [0.1, 0.15) is 61.4 Å². The SMILES string of the molecule is CCCCC1=C(OC(C)=O)c2c(c3ccccc3n2S(=O)(=O)c2ccc(C)cc2)C1c1ccccc1OC. The standard InChI is InChI=1S/C31H31NO5S/c1-5-6-11-25-28(24-13-8-10-15-27(24)36-4)29-23-12-7-9-14-26(23)32(30(29)31(25)37-21(3)33)38(34,35)22-18-16-20(2)17-19-22/h7-10,12-19,28H,5-6,11H2,1-4H3. The lowest BCUT2D eigenvalue weighted by Crippen LogP contribution is -2.16. The number of carbonyl (C=O) groups excluding carboxylic acids is 1. The monoisotopic (exact) mass is 529 g/mol. The third-order valence-electron chi connectivity index (χ3n) is 7.07. The third kappa shape index (κ3) is 4.21. The molecule has 1 atom stereocenters. The van der Waals surface area contributed by atoms with Crippen molar-refractivity contribution in [1.29, 1.82) is 0 Å². The van der Waals surface area contributed by atoms with Crippen LogP contribution >= 0.6 is 0 Å². The van der Waals surface area contributed by atoms with E-state index in [9.17, 15) is 13.2 Å². The summed E-state index contributed by atoms with van der Waals surface area (Å²) in [6.45, 7) is 5.37. The van der Waals surface area contributed by atoms with Crippen LogP contribution in [0.15, 0.2) is 83.3 Å². The number of hydrogen-bond acceptors (Lipinski definition) is 5. The molecule has 0 N–H and O–H groups in total. The highest BCUT2D eigenvalue weighted by Crippen LogP contribution is 2.54. The predicted molar refractivity (Wildman–Crippen MR) is 149 cm³/mol. The van der Waals surface area contributed by atoms with E-state index in [-0.39, 0.29) is 10.8 Å². The van der Waals surface area contributed by atoms with Crippen LogP contribution in [0, 0.1) is 6.92 Å². The number of unbranched alkanes of at least 4 members (excludes halogenated alkanes) is 1. The van der Waals surface area contributed by atoms with Gasteiger partial charge in [0, 0.05) is 29.4 Å². The van der Waals surface area contributed by atoms with E-state index in [0.717, 1.165) is 40.5 Å². The number of fused-ring (bicyclic) bond motifs is 3. The molecule has 0 fully saturated rings. The molecule has 3 aromatic carbocycles. The fourth-order valence-electron chi connectivity index (χ4n) is 5.40. The summed E-state index contributed by atoms with van der Waals surface area (Å²) in [5.41, 5.74) is 4.50. The molecule has 6 nitrogen and oxygen atoms in total. The molecule has 196 valence electrons. The number of methoxy groups -OCH3 is 1. The van der Waals surface area contributed by atoms with E-state index in [1.54, 1.807) is 37.4 Å². The molecule has 1 aromatic heterocycles. The summed E-state index contributed by atoms with van der Waals surface area (Å²) in [6.07, 6.45) is 2.44. The Labute approximate surface area is 223 Å². The van der Waals surface area contributed by atoms with Gasteiger partial charge in [-0.2, -0.15) is 0 Å². The number of allylic oxidation sites excluding steroid dienone is 1. The van der Waals surface area contributed by atoms with Crippen molar-refractivity contribution in [2.45, 2.75) is 50.8 Å². The number of aryl methyl sites for hydroxylation is 1. The van der Waals surface area contributed by atoms with Crippen molar-refractivity contribution in [2.24, 2.45) is 0 Å². The van der Waals surface area contributed by atoms with Gasteiger partial charge in [-0.25, -0.2) is 12.4 Å². The number of hydrogen-bond donors (Lipinski definition) is 0. The molecule has 38 heavy (non-hydrogen) atoms. The van der Waals surface area contributed by atoms with Gasteiger partial charge in [0.25, 0.3) is 10.0 Å². The van der Waals surface area contributed by atoms with Gasteiger partial charge in [-0.1, -0.05) is 67.4 Å². The summed E-state index contributed by atoms with van der Waals surface area (Å²) >= 11 is 0. The maximum atomic E-state index is 14.3. The molecule has 0 radical (unpaired) electrons. The number of nitrogens with zero attached hydrogens (tertiary/aromatic N) is 1. The number of aromatic nitrogens is 1. The zero-order chi connectivity index (χ0) is 27.0. The topological polar surface area (TPSA) is 74.6 Å². The molecule has 1 aliphatic rings. The molecule has 4 aromatic rings. The molecule has 0 aliphatic heterocycles. The zero-order valence-corrected chi connectivity index (χ0v) is 22.8. The summed E-state index contributed by atoms with van der Waals surface area (Å²) in [5.74, 6) is 0.190. The molecule has 0 saturated heterocycles. The van der Waals surface area contributed by atoms with E-state index in [1.807, 2.05) is 49.4 Å². The Bertz CT molecular complexity index is 1660. The second kappa shape index (κ2) is 10.1. The van der Waals surface area contributed by atoms with E-state index in [4.69, 9.17) is 9.47 Å². The summed E-state index contributed by atoms with van der Waals surface area (Å²) in [5, 5.41) is 0.797. The number of ether oxygens (including phenoxy) is 2. The lowest BCUT2D eigenvalue weighted by Gasteiger charge is -2.20. The van der Waals surface area contributed by atoms with Gasteiger partial charge in [0.15, 0.2) is 5.76 Å². The van der Waals surface area contributed by atoms with Gasteiger partial charge in [0.1, 0.15) is 11.4 Å². The minimum absolute atomic E-state index is 0.171. The number of benzene rings is 3. The van der Waals surface area contributed by atoms with Gasteiger partial charge < -0.3 is 9.47 Å². The van der Waals surface area contributed by atoms with Crippen LogP contribution < -0.4 is 4.74 Å². The summed E-state index contributed by atoms with van der Waals surface area (Å²) in [4.78, 5) is 12.6. The zero-order valence-electron chi connectivity index (χ0n) is 22.0. The highest BCUT2D eigenvalue weighted by atomic mass is 32.2. The molecule has 5 rings (SSSR count). The molecule has 1 unspecified atom stereocenters. The van der Waals surface area contributed by atoms with Crippen LogP contribution in [0.4, 0.5) is 0 Å². The van der Waals surface area contributed by atoms with Crippen LogP contribution in [0.2, 0.25) is 0 Å². The first kappa shape index (κ1) is 25.8. The first-order valence-corrected chi connectivity index (χ1v) is 14.2. The van der Waals surface area contributed by atoms with Crippen LogP contribution in [-0.4, -0.2) is 25.5 Å². The van der Waals surface area contributed by atoms with Crippen LogP contribution in [0.25, 0.3) is 16.7 Å².